The molecule has 11 heteroatoms. The van der Waals surface area contributed by atoms with Crippen LogP contribution in [0, 0.1) is 11.5 Å². The molecule has 3 aromatic rings. The molecular weight excluding hydrogens is 394 g/mol. The maximum atomic E-state index is 12.7. The van der Waals surface area contributed by atoms with Gasteiger partial charge < -0.3 is 19.4 Å². The van der Waals surface area contributed by atoms with Crippen LogP contribution >= 0.6 is 11.6 Å². The van der Waals surface area contributed by atoms with Gasteiger partial charge in [-0.15, -0.1) is 19.0 Å². The molecule has 1 N–H and O–H groups in total. The van der Waals surface area contributed by atoms with E-state index in [1.165, 1.54) is 29.2 Å². The molecule has 0 atom stereocenters. The van der Waals surface area contributed by atoms with Gasteiger partial charge >= 0.3 is 5.57 Å². The van der Waals surface area contributed by atoms with Gasteiger partial charge in [0.1, 0.15) is 18.1 Å². The van der Waals surface area contributed by atoms with Crippen LogP contribution < -0.4 is 10.1 Å². The van der Waals surface area contributed by atoms with Gasteiger partial charge in [0, 0.05) is 30.5 Å². The summed E-state index contributed by atoms with van der Waals surface area (Å²) >= 11 is 4.74. The van der Waals surface area contributed by atoms with E-state index in [2.05, 4.69) is 25.2 Å². The highest BCUT2D eigenvalue weighted by Gasteiger charge is 2.27. The first kappa shape index (κ1) is 19.3. The lowest BCUT2D eigenvalue weighted by Crippen LogP contribution is -2.15. The number of hydrogen-bond acceptors (Lipinski definition) is 8. The molecule has 2 aromatic heterocycles. The molecule has 0 unspecified atom stereocenters. The average molecular weight is 407 g/mol. The van der Waals surface area contributed by atoms with Gasteiger partial charge in [-0.1, -0.05) is 0 Å². The van der Waals surface area contributed by atoms with Crippen molar-refractivity contribution < 1.29 is 17.9 Å². The molecule has 2 heterocycles. The van der Waals surface area contributed by atoms with Crippen molar-refractivity contribution in [2.24, 2.45) is 0 Å². The van der Waals surface area contributed by atoms with E-state index >= 15 is 0 Å². The first-order valence-corrected chi connectivity index (χ1v) is 8.23. The highest BCUT2D eigenvalue weighted by atomic mass is 35.5. The second kappa shape index (κ2) is 8.06. The molecule has 0 bridgehead atoms. The topological polar surface area (TPSA) is 100 Å². The molecule has 0 radical (unpaired) electrons. The Morgan fingerprint density at radius 3 is 2.71 bits per heavy atom. The van der Waals surface area contributed by atoms with Crippen molar-refractivity contribution in [3.8, 4) is 23.4 Å². The predicted octanol–water partition coefficient (Wildman–Crippen LogP) is 3.96. The van der Waals surface area contributed by atoms with Gasteiger partial charge in [0.15, 0.2) is 6.19 Å². The number of ether oxygens (including phenoxy) is 1. The number of nitrogens with zero attached hydrogens (tertiary/aromatic N) is 5. The lowest BCUT2D eigenvalue weighted by atomic mass is 10.2. The lowest BCUT2D eigenvalue weighted by molar-refractivity contribution is -0.0964. The Balaban J connectivity index is 1.79. The number of hydrogen-bond donors (Lipinski definition) is 1. The van der Waals surface area contributed by atoms with Gasteiger partial charge in [-0.3, -0.25) is 0 Å². The van der Waals surface area contributed by atoms with Crippen molar-refractivity contribution in [1.82, 2.24) is 20.1 Å². The minimum atomic E-state index is -3.78. The summed E-state index contributed by atoms with van der Waals surface area (Å²) in [5, 5.41) is 19.8. The second-order valence-electron chi connectivity index (χ2n) is 5.55. The SMILES string of the molecule is CN(C#N)Cc1nnc(-c2cccnc2Nc2ccc(OC(F)(F)Cl)cc2)o1. The molecule has 28 heavy (non-hydrogen) atoms. The van der Waals surface area contributed by atoms with Gasteiger partial charge in [0.05, 0.1) is 5.56 Å². The predicted molar refractivity (Wildman–Crippen MR) is 95.8 cm³/mol. The van der Waals surface area contributed by atoms with E-state index in [0.717, 1.165) is 0 Å². The monoisotopic (exact) mass is 406 g/mol. The second-order valence-corrected chi connectivity index (χ2v) is 5.99. The third-order valence-corrected chi connectivity index (χ3v) is 3.48. The third kappa shape index (κ3) is 5.05. The van der Waals surface area contributed by atoms with Crippen molar-refractivity contribution in [1.29, 1.82) is 5.26 Å². The fraction of sp³-hybridized carbons (Fsp3) is 0.176. The molecule has 0 aliphatic heterocycles. The number of rotatable bonds is 7. The van der Waals surface area contributed by atoms with Crippen LogP contribution in [-0.2, 0) is 6.54 Å². The van der Waals surface area contributed by atoms with Crippen molar-refractivity contribution >= 4 is 23.1 Å². The highest BCUT2D eigenvalue weighted by Crippen LogP contribution is 2.30. The zero-order chi connectivity index (χ0) is 20.1. The molecule has 0 aliphatic rings. The fourth-order valence-electron chi connectivity index (χ4n) is 2.22. The van der Waals surface area contributed by atoms with Crippen molar-refractivity contribution in [2.75, 3.05) is 12.4 Å². The number of pyridine rings is 1. The van der Waals surface area contributed by atoms with Gasteiger partial charge in [-0.05, 0) is 36.4 Å². The molecule has 8 nitrogen and oxygen atoms in total. The summed E-state index contributed by atoms with van der Waals surface area (Å²) in [6.45, 7) is 0.180. The number of halogens is 3. The summed E-state index contributed by atoms with van der Waals surface area (Å²) in [5.74, 6) is 0.827. The molecule has 0 fully saturated rings. The van der Waals surface area contributed by atoms with Crippen molar-refractivity contribution in [3.05, 3.63) is 48.5 Å². The molecule has 0 saturated carbocycles. The number of nitrogens with one attached hydrogen (secondary N) is 1. The maximum Gasteiger partial charge on any atom is 0.487 e. The minimum Gasteiger partial charge on any atom is -0.420 e. The Morgan fingerprint density at radius 1 is 1.29 bits per heavy atom. The van der Waals surface area contributed by atoms with Crippen LogP contribution in [0.25, 0.3) is 11.5 Å². The molecule has 3 rings (SSSR count). The van der Waals surface area contributed by atoms with Crippen molar-refractivity contribution in [3.63, 3.8) is 0 Å². The number of aromatic nitrogens is 3. The van der Waals surface area contributed by atoms with Gasteiger partial charge in [0.2, 0.25) is 5.89 Å². The van der Waals surface area contributed by atoms with Crippen LogP contribution in [0.1, 0.15) is 5.89 Å². The minimum absolute atomic E-state index is 0.0880. The number of nitriles is 1. The molecule has 0 amide bonds. The zero-order valence-corrected chi connectivity index (χ0v) is 15.2. The number of alkyl halides is 3. The number of benzene rings is 1. The van der Waals surface area contributed by atoms with Crippen LogP contribution in [0.3, 0.4) is 0 Å². The normalized spacial score (nSPS) is 11.0. The van der Waals surface area contributed by atoms with Gasteiger partial charge in [-0.2, -0.15) is 5.26 Å². The van der Waals surface area contributed by atoms with Crippen LogP contribution in [-0.4, -0.2) is 32.7 Å². The molecular formula is C17H13ClF2N6O2. The van der Waals surface area contributed by atoms with Crippen LogP contribution in [0.5, 0.6) is 5.75 Å². The summed E-state index contributed by atoms with van der Waals surface area (Å²) in [6, 6.07) is 9.15. The third-order valence-electron chi connectivity index (χ3n) is 3.40. The van der Waals surface area contributed by atoms with Crippen LogP contribution in [0.4, 0.5) is 20.3 Å². The first-order valence-electron chi connectivity index (χ1n) is 7.85. The first-order chi connectivity index (χ1) is 13.3. The smallest absolute Gasteiger partial charge is 0.420 e. The van der Waals surface area contributed by atoms with Gasteiger partial charge in [-0.25, -0.2) is 4.98 Å². The van der Waals surface area contributed by atoms with E-state index < -0.39 is 5.57 Å². The summed E-state index contributed by atoms with van der Waals surface area (Å²) in [5.41, 5.74) is -2.68. The highest BCUT2D eigenvalue weighted by molar-refractivity contribution is 6.20. The quantitative estimate of drug-likeness (QED) is 0.357. The molecule has 144 valence electrons. The van der Waals surface area contributed by atoms with Crippen molar-refractivity contribution in [2.45, 2.75) is 12.1 Å². The number of anilines is 2. The summed E-state index contributed by atoms with van der Waals surface area (Å²) < 4.78 is 35.2. The van der Waals surface area contributed by atoms with E-state index in [1.54, 1.807) is 25.4 Å². The van der Waals surface area contributed by atoms with Gasteiger partial charge in [0.25, 0.3) is 5.89 Å². The summed E-state index contributed by atoms with van der Waals surface area (Å²) in [7, 11) is 1.59. The zero-order valence-electron chi connectivity index (χ0n) is 14.4. The van der Waals surface area contributed by atoms with E-state index in [-0.39, 0.29) is 24.1 Å². The molecule has 0 spiro atoms. The summed E-state index contributed by atoms with van der Waals surface area (Å²) in [4.78, 5) is 5.59. The van der Waals surface area contributed by atoms with Crippen LogP contribution in [0.2, 0.25) is 0 Å². The molecule has 0 saturated heterocycles. The fourth-order valence-corrected chi connectivity index (χ4v) is 2.31. The average Bonchev–Trinajstić information content (AvgIpc) is 3.10. The Morgan fingerprint density at radius 2 is 2.04 bits per heavy atom. The van der Waals surface area contributed by atoms with E-state index in [4.69, 9.17) is 21.3 Å². The van der Waals surface area contributed by atoms with E-state index in [0.29, 0.717) is 17.1 Å². The summed E-state index contributed by atoms with van der Waals surface area (Å²) in [6.07, 6.45) is 3.51. The van der Waals surface area contributed by atoms with E-state index in [9.17, 15) is 8.78 Å². The molecule has 1 aromatic carbocycles. The Hall–Kier alpha value is -3.45. The Labute approximate surface area is 163 Å². The van der Waals surface area contributed by atoms with Crippen LogP contribution in [0.15, 0.2) is 47.0 Å². The molecule has 0 aliphatic carbocycles. The standard InChI is InChI=1S/C17H13ClF2N6O2/c1-26(10-21)9-14-24-25-16(27-14)13-3-2-8-22-15(13)23-11-4-6-12(7-5-11)28-17(18,19)20/h2-8H,9H2,1H3,(H,22,23). The Kier molecular flexibility index (Phi) is 5.56. The lowest BCUT2D eigenvalue weighted by Gasteiger charge is -2.12. The van der Waals surface area contributed by atoms with E-state index in [1.807, 2.05) is 6.19 Å². The maximum absolute atomic E-state index is 12.7. The largest absolute Gasteiger partial charge is 0.487 e. The Bertz CT molecular complexity index is 984.